The summed E-state index contributed by atoms with van der Waals surface area (Å²) >= 11 is 0. The van der Waals surface area contributed by atoms with Gasteiger partial charge in [-0.05, 0) is 24.1 Å². The molecule has 1 aliphatic heterocycles. The molecule has 2 unspecified atom stereocenters. The van der Waals surface area contributed by atoms with Crippen molar-refractivity contribution in [3.8, 4) is 6.07 Å². The molecule has 0 N–H and O–H groups in total. The quantitative estimate of drug-likeness (QED) is 0.428. The molecule has 7 heteroatoms. The largest absolute Gasteiger partial charge is 0.456 e. The summed E-state index contributed by atoms with van der Waals surface area (Å²) in [6.07, 6.45) is 0.0943. The summed E-state index contributed by atoms with van der Waals surface area (Å²) in [5.74, 6) is -0.935. The summed E-state index contributed by atoms with van der Waals surface area (Å²) in [6, 6.07) is 17.5. The molecule has 2 atom stereocenters. The monoisotopic (exact) mass is 395 g/mol. The van der Waals surface area contributed by atoms with Crippen LogP contribution >= 0.6 is 0 Å². The first-order valence-corrected chi connectivity index (χ1v) is 9.68. The first kappa shape index (κ1) is 22.1. The van der Waals surface area contributed by atoms with E-state index >= 15 is 0 Å². The number of esters is 1. The number of carbonyl (C=O) groups is 1. The van der Waals surface area contributed by atoms with Gasteiger partial charge in [0.25, 0.3) is 5.69 Å². The molecule has 0 radical (unpaired) electrons. The van der Waals surface area contributed by atoms with Gasteiger partial charge in [-0.3, -0.25) is 15.0 Å². The van der Waals surface area contributed by atoms with Crippen LogP contribution in [0.25, 0.3) is 0 Å². The minimum Gasteiger partial charge on any atom is -0.456 e. The Morgan fingerprint density at radius 2 is 1.86 bits per heavy atom. The fraction of sp³-hybridized carbons (Fsp3) is 0.364. The molecule has 1 saturated heterocycles. The molecule has 1 heterocycles. The maximum atomic E-state index is 12.4. The maximum Gasteiger partial charge on any atom is 0.338 e. The molecule has 2 aromatic rings. The Kier molecular flexibility index (Phi) is 8.31. The van der Waals surface area contributed by atoms with Gasteiger partial charge < -0.3 is 4.74 Å². The zero-order chi connectivity index (χ0) is 21.2. The van der Waals surface area contributed by atoms with Gasteiger partial charge in [-0.2, -0.15) is 5.26 Å². The summed E-state index contributed by atoms with van der Waals surface area (Å²) in [5, 5.41) is 20.1. The third kappa shape index (κ3) is 6.13. The van der Waals surface area contributed by atoms with E-state index in [4.69, 9.17) is 4.74 Å². The van der Waals surface area contributed by atoms with Crippen molar-refractivity contribution in [3.05, 3.63) is 75.8 Å². The number of hydrogen-bond acceptors (Lipinski definition) is 6. The fourth-order valence-electron chi connectivity index (χ4n) is 3.16. The highest BCUT2D eigenvalue weighted by atomic mass is 16.6. The highest BCUT2D eigenvalue weighted by Gasteiger charge is 2.32. The summed E-state index contributed by atoms with van der Waals surface area (Å²) in [6.45, 7) is 5.97. The van der Waals surface area contributed by atoms with E-state index in [9.17, 15) is 20.2 Å². The van der Waals surface area contributed by atoms with Crippen LogP contribution in [0.5, 0.6) is 0 Å². The average Bonchev–Trinajstić information content (AvgIpc) is 2.76. The number of non-ortho nitro benzene ring substituents is 1. The van der Waals surface area contributed by atoms with Gasteiger partial charge in [-0.1, -0.05) is 44.2 Å². The minimum absolute atomic E-state index is 0.0897. The highest BCUT2D eigenvalue weighted by Crippen LogP contribution is 2.23. The number of carbonyl (C=O) groups excluding carboxylic acids is 1. The molecule has 0 saturated carbocycles. The SMILES string of the molecule is CC.N#CC1CCN(Cc2ccccc2)CC1OC(=O)c1ccc([N+](=O)[O-])cc1. The van der Waals surface area contributed by atoms with Crippen LogP contribution in [0.15, 0.2) is 54.6 Å². The van der Waals surface area contributed by atoms with Crippen molar-refractivity contribution < 1.29 is 14.5 Å². The second kappa shape index (κ2) is 10.9. The number of piperidine rings is 1. The number of likely N-dealkylation sites (tertiary alicyclic amines) is 1. The predicted molar refractivity (Wildman–Crippen MR) is 109 cm³/mol. The van der Waals surface area contributed by atoms with E-state index in [0.717, 1.165) is 18.7 Å². The number of nitro groups is 1. The number of benzene rings is 2. The fourth-order valence-corrected chi connectivity index (χ4v) is 3.16. The van der Waals surface area contributed by atoms with Gasteiger partial charge in [0.15, 0.2) is 0 Å². The Balaban J connectivity index is 0.00000145. The molecular weight excluding hydrogens is 370 g/mol. The van der Waals surface area contributed by atoms with Gasteiger partial charge in [0.1, 0.15) is 6.10 Å². The molecule has 1 fully saturated rings. The van der Waals surface area contributed by atoms with Crippen LogP contribution in [-0.4, -0.2) is 35.0 Å². The zero-order valence-electron chi connectivity index (χ0n) is 16.7. The van der Waals surface area contributed by atoms with Gasteiger partial charge in [0, 0.05) is 31.8 Å². The molecule has 0 spiro atoms. The third-order valence-corrected chi connectivity index (χ3v) is 4.63. The summed E-state index contributed by atoms with van der Waals surface area (Å²) in [5.41, 5.74) is 1.30. The standard InChI is InChI=1S/C20H19N3O4.C2H6/c21-12-17-10-11-22(13-15-4-2-1-3-5-15)14-19(17)27-20(24)16-6-8-18(9-7-16)23(25)26;1-2/h1-9,17,19H,10-11,13-14H2;1-2H3. The molecular formula is C22H25N3O4. The van der Waals surface area contributed by atoms with E-state index in [1.165, 1.54) is 24.3 Å². The van der Waals surface area contributed by atoms with Crippen molar-refractivity contribution in [1.82, 2.24) is 4.90 Å². The first-order valence-electron chi connectivity index (χ1n) is 9.68. The topological polar surface area (TPSA) is 96.5 Å². The van der Waals surface area contributed by atoms with Crippen molar-refractivity contribution in [2.75, 3.05) is 13.1 Å². The lowest BCUT2D eigenvalue weighted by atomic mass is 9.94. The van der Waals surface area contributed by atoms with Crippen LogP contribution in [0, 0.1) is 27.4 Å². The predicted octanol–water partition coefficient (Wildman–Crippen LogP) is 4.19. The molecule has 0 aliphatic carbocycles. The van der Waals surface area contributed by atoms with Crippen molar-refractivity contribution in [1.29, 1.82) is 5.26 Å². The molecule has 0 bridgehead atoms. The number of hydrogen-bond donors (Lipinski definition) is 0. The lowest BCUT2D eigenvalue weighted by molar-refractivity contribution is -0.384. The molecule has 2 aromatic carbocycles. The van der Waals surface area contributed by atoms with E-state index in [0.29, 0.717) is 13.0 Å². The van der Waals surface area contributed by atoms with Gasteiger partial charge in [-0.25, -0.2) is 4.79 Å². The van der Waals surface area contributed by atoms with Crippen LogP contribution in [0.1, 0.15) is 36.2 Å². The number of nitro benzene ring substituents is 1. The zero-order valence-corrected chi connectivity index (χ0v) is 16.7. The Hall–Kier alpha value is -3.24. The van der Waals surface area contributed by atoms with E-state index in [1.54, 1.807) is 0 Å². The summed E-state index contributed by atoms with van der Waals surface area (Å²) in [4.78, 5) is 24.8. The summed E-state index contributed by atoms with van der Waals surface area (Å²) < 4.78 is 5.58. The number of nitrogens with zero attached hydrogens (tertiary/aromatic N) is 3. The first-order chi connectivity index (χ1) is 14.1. The Labute approximate surface area is 170 Å². The molecule has 152 valence electrons. The molecule has 1 aliphatic rings. The smallest absolute Gasteiger partial charge is 0.338 e. The molecule has 3 rings (SSSR count). The third-order valence-electron chi connectivity index (χ3n) is 4.63. The number of rotatable bonds is 5. The van der Waals surface area contributed by atoms with Crippen molar-refractivity contribution in [3.63, 3.8) is 0 Å². The van der Waals surface area contributed by atoms with Gasteiger partial charge in [0.2, 0.25) is 0 Å². The van der Waals surface area contributed by atoms with E-state index < -0.39 is 17.0 Å². The highest BCUT2D eigenvalue weighted by molar-refractivity contribution is 5.89. The van der Waals surface area contributed by atoms with Gasteiger partial charge in [0.05, 0.1) is 22.5 Å². The van der Waals surface area contributed by atoms with Crippen LogP contribution in [0.3, 0.4) is 0 Å². The van der Waals surface area contributed by atoms with E-state index in [-0.39, 0.29) is 17.2 Å². The van der Waals surface area contributed by atoms with Crippen LogP contribution < -0.4 is 0 Å². The van der Waals surface area contributed by atoms with Crippen molar-refractivity contribution >= 4 is 11.7 Å². The second-order valence-corrected chi connectivity index (χ2v) is 6.49. The maximum absolute atomic E-state index is 12.4. The molecule has 7 nitrogen and oxygen atoms in total. The molecule has 29 heavy (non-hydrogen) atoms. The normalized spacial score (nSPS) is 18.7. The van der Waals surface area contributed by atoms with Crippen molar-refractivity contribution in [2.24, 2.45) is 5.92 Å². The molecule has 0 amide bonds. The number of ether oxygens (including phenoxy) is 1. The van der Waals surface area contributed by atoms with Gasteiger partial charge >= 0.3 is 5.97 Å². The van der Waals surface area contributed by atoms with Crippen molar-refractivity contribution in [2.45, 2.75) is 32.9 Å². The Morgan fingerprint density at radius 3 is 2.45 bits per heavy atom. The summed E-state index contributed by atoms with van der Waals surface area (Å²) in [7, 11) is 0. The minimum atomic E-state index is -0.572. The van der Waals surface area contributed by atoms with Gasteiger partial charge in [-0.15, -0.1) is 0 Å². The lowest BCUT2D eigenvalue weighted by Crippen LogP contribution is -2.45. The van der Waals surface area contributed by atoms with E-state index in [2.05, 4.69) is 11.0 Å². The molecule has 0 aromatic heterocycles. The average molecular weight is 395 g/mol. The lowest BCUT2D eigenvalue weighted by Gasteiger charge is -2.35. The Bertz CT molecular complexity index is 847. The van der Waals surface area contributed by atoms with E-state index in [1.807, 2.05) is 44.2 Å². The second-order valence-electron chi connectivity index (χ2n) is 6.49. The van der Waals surface area contributed by atoms with Crippen LogP contribution in [0.2, 0.25) is 0 Å². The Morgan fingerprint density at radius 1 is 1.21 bits per heavy atom. The van der Waals surface area contributed by atoms with Crippen LogP contribution in [0.4, 0.5) is 5.69 Å². The van der Waals surface area contributed by atoms with Crippen LogP contribution in [-0.2, 0) is 11.3 Å². The number of nitriles is 1.